The molecule has 114 valence electrons. The maximum absolute atomic E-state index is 10.9. The van der Waals surface area contributed by atoms with Gasteiger partial charge >= 0.3 is 0 Å². The molecule has 0 bridgehead atoms. The zero-order valence-electron chi connectivity index (χ0n) is 11.7. The summed E-state index contributed by atoms with van der Waals surface area (Å²) in [5.41, 5.74) is 1.11. The van der Waals surface area contributed by atoms with Crippen molar-refractivity contribution in [3.8, 4) is 5.75 Å². The Hall–Kier alpha value is -1.15. The van der Waals surface area contributed by atoms with Crippen LogP contribution in [0.1, 0.15) is 19.4 Å². The average molecular weight is 302 g/mol. The van der Waals surface area contributed by atoms with Crippen molar-refractivity contribution >= 4 is 10.3 Å². The molecule has 1 N–H and O–H groups in total. The minimum absolute atomic E-state index is 0.0220. The van der Waals surface area contributed by atoms with Crippen LogP contribution in [0.4, 0.5) is 0 Å². The van der Waals surface area contributed by atoms with E-state index in [1.165, 1.54) is 6.92 Å². The molecular weight excluding hydrogens is 282 g/mol. The summed E-state index contributed by atoms with van der Waals surface area (Å²) in [6, 6.07) is 7.43. The van der Waals surface area contributed by atoms with Crippen LogP contribution in [-0.2, 0) is 16.7 Å². The maximum Gasteiger partial charge on any atom is 0.162 e. The summed E-state index contributed by atoms with van der Waals surface area (Å²) in [6.07, 6.45) is -0.179. The van der Waals surface area contributed by atoms with Crippen molar-refractivity contribution in [1.29, 1.82) is 0 Å². The topological polar surface area (TPSA) is 89.9 Å². The van der Waals surface area contributed by atoms with Crippen molar-refractivity contribution in [2.75, 3.05) is 19.7 Å². The number of nitrogens with zero attached hydrogens (tertiary/aromatic N) is 1. The first-order valence-electron chi connectivity index (χ1n) is 6.47. The molecule has 1 unspecified atom stereocenters. The Morgan fingerprint density at radius 1 is 1.40 bits per heavy atom. The summed E-state index contributed by atoms with van der Waals surface area (Å²) < 4.78 is 38.7. The first kappa shape index (κ1) is 16.9. The van der Waals surface area contributed by atoms with E-state index in [9.17, 15) is 18.1 Å². The van der Waals surface area contributed by atoms with E-state index in [0.717, 1.165) is 12.0 Å². The molecule has 1 atom stereocenters. The first-order chi connectivity index (χ1) is 9.36. The van der Waals surface area contributed by atoms with Gasteiger partial charge < -0.3 is 14.4 Å². The Morgan fingerprint density at radius 3 is 2.65 bits per heavy atom. The van der Waals surface area contributed by atoms with Gasteiger partial charge in [-0.1, -0.05) is 26.0 Å². The smallest absolute Gasteiger partial charge is 0.162 e. The lowest BCUT2D eigenvalue weighted by molar-refractivity contribution is 0.0879. The molecule has 7 heteroatoms. The highest BCUT2D eigenvalue weighted by atomic mass is 32.2. The molecule has 1 aromatic carbocycles. The number of hydrogen-bond donors (Lipinski definition) is 1. The van der Waals surface area contributed by atoms with E-state index in [1.54, 1.807) is 6.07 Å². The van der Waals surface area contributed by atoms with E-state index in [0.29, 0.717) is 10.1 Å². The summed E-state index contributed by atoms with van der Waals surface area (Å²) in [6.45, 7) is 3.24. The zero-order chi connectivity index (χ0) is 15.2. The molecule has 1 rings (SSSR count). The highest BCUT2D eigenvalue weighted by Gasteiger charge is 2.15. The van der Waals surface area contributed by atoms with Crippen molar-refractivity contribution in [1.82, 2.24) is 4.31 Å². The molecule has 0 fully saturated rings. The number of ether oxygens (including phenoxy) is 1. The predicted octanol–water partition coefficient (Wildman–Crippen LogP) is 0.771. The summed E-state index contributed by atoms with van der Waals surface area (Å²) in [5, 5.41) is 9.73. The van der Waals surface area contributed by atoms with Gasteiger partial charge in [0.25, 0.3) is 0 Å². The third-order valence-corrected chi connectivity index (χ3v) is 3.87. The predicted molar refractivity (Wildman–Crippen MR) is 74.3 cm³/mol. The van der Waals surface area contributed by atoms with E-state index in [1.807, 2.05) is 25.1 Å². The van der Waals surface area contributed by atoms with Gasteiger partial charge in [-0.05, 0) is 24.1 Å². The lowest BCUT2D eigenvalue weighted by atomic mass is 10.2. The van der Waals surface area contributed by atoms with Gasteiger partial charge in [-0.3, -0.25) is 0 Å². The van der Waals surface area contributed by atoms with Gasteiger partial charge in [-0.15, -0.1) is 0 Å². The van der Waals surface area contributed by atoms with Crippen LogP contribution in [0.25, 0.3) is 0 Å². The monoisotopic (exact) mass is 302 g/mol. The fourth-order valence-corrected chi connectivity index (χ4v) is 2.38. The van der Waals surface area contributed by atoms with Gasteiger partial charge in [0.1, 0.15) is 18.5 Å². The third kappa shape index (κ3) is 5.46. The Kier molecular flexibility index (Phi) is 6.41. The molecular formula is C13H20NO5S-. The van der Waals surface area contributed by atoms with E-state index in [2.05, 4.69) is 0 Å². The summed E-state index contributed by atoms with van der Waals surface area (Å²) in [7, 11) is -4.54. The lowest BCUT2D eigenvalue weighted by Gasteiger charge is -2.25. The second kappa shape index (κ2) is 7.58. The van der Waals surface area contributed by atoms with E-state index in [4.69, 9.17) is 4.74 Å². The molecule has 1 aromatic rings. The fraction of sp³-hybridized carbons (Fsp3) is 0.538. The van der Waals surface area contributed by atoms with Crippen molar-refractivity contribution < 1.29 is 22.8 Å². The van der Waals surface area contributed by atoms with Gasteiger partial charge in [-0.25, -0.2) is 12.7 Å². The van der Waals surface area contributed by atoms with Crippen molar-refractivity contribution in [2.45, 2.75) is 26.4 Å². The maximum atomic E-state index is 10.9. The quantitative estimate of drug-likeness (QED) is 0.716. The highest BCUT2D eigenvalue weighted by Crippen LogP contribution is 2.14. The largest absolute Gasteiger partial charge is 0.735 e. The number of hydrogen-bond acceptors (Lipinski definition) is 5. The number of aliphatic hydroxyl groups excluding tert-OH is 1. The molecule has 6 nitrogen and oxygen atoms in total. The molecule has 0 aromatic heterocycles. The van der Waals surface area contributed by atoms with Crippen molar-refractivity contribution in [3.05, 3.63) is 29.8 Å². The normalized spacial score (nSPS) is 13.4. The Labute approximate surface area is 119 Å². The second-order valence-corrected chi connectivity index (χ2v) is 5.75. The number of aliphatic hydroxyl groups is 1. The number of aryl methyl sites for hydroxylation is 1. The average Bonchev–Trinajstić information content (AvgIpc) is 2.41. The zero-order valence-corrected chi connectivity index (χ0v) is 12.5. The number of rotatable bonds is 8. The number of likely N-dealkylation sites (N-methyl/N-ethyl adjacent to an activating group) is 1. The first-order valence-corrected chi connectivity index (χ1v) is 7.84. The molecule has 0 aliphatic carbocycles. The molecule has 0 heterocycles. The second-order valence-electron chi connectivity index (χ2n) is 4.37. The SMILES string of the molecule is CCc1cccc(OCC(O)CN(CC)S(=O)(=O)[O-])c1. The molecule has 0 aliphatic rings. The van der Waals surface area contributed by atoms with Gasteiger partial charge in [0.2, 0.25) is 0 Å². The molecule has 0 spiro atoms. The lowest BCUT2D eigenvalue weighted by Crippen LogP contribution is -2.39. The Bertz CT molecular complexity index is 517. The fourth-order valence-electron chi connectivity index (χ4n) is 1.71. The van der Waals surface area contributed by atoms with Crippen molar-refractivity contribution in [2.24, 2.45) is 0 Å². The van der Waals surface area contributed by atoms with E-state index < -0.39 is 16.4 Å². The third-order valence-electron chi connectivity index (χ3n) is 2.83. The van der Waals surface area contributed by atoms with Crippen LogP contribution in [0.5, 0.6) is 5.75 Å². The minimum atomic E-state index is -4.54. The Balaban J connectivity index is 2.52. The summed E-state index contributed by atoms with van der Waals surface area (Å²) >= 11 is 0. The molecule has 0 saturated carbocycles. The molecule has 20 heavy (non-hydrogen) atoms. The van der Waals surface area contributed by atoms with Crippen LogP contribution in [0.2, 0.25) is 0 Å². The summed E-state index contributed by atoms with van der Waals surface area (Å²) in [4.78, 5) is 0. The van der Waals surface area contributed by atoms with Gasteiger partial charge in [-0.2, -0.15) is 0 Å². The van der Waals surface area contributed by atoms with Crippen molar-refractivity contribution in [3.63, 3.8) is 0 Å². The van der Waals surface area contributed by atoms with Crippen LogP contribution in [0, 0.1) is 0 Å². The summed E-state index contributed by atoms with van der Waals surface area (Å²) in [5.74, 6) is 0.608. The standard InChI is InChI=1S/C13H21NO5S/c1-3-11-6-5-7-13(8-11)19-10-12(15)9-14(4-2)20(16,17)18/h5-8,12,15H,3-4,9-10H2,1-2H3,(H,16,17,18)/p-1. The molecule has 0 aliphatic heterocycles. The van der Waals surface area contributed by atoms with Gasteiger partial charge in [0.15, 0.2) is 10.3 Å². The minimum Gasteiger partial charge on any atom is -0.735 e. The Morgan fingerprint density at radius 2 is 2.10 bits per heavy atom. The molecule has 0 saturated heterocycles. The van der Waals surface area contributed by atoms with Crippen LogP contribution in [0.3, 0.4) is 0 Å². The van der Waals surface area contributed by atoms with Crippen LogP contribution >= 0.6 is 0 Å². The van der Waals surface area contributed by atoms with E-state index in [-0.39, 0.29) is 19.7 Å². The van der Waals surface area contributed by atoms with Crippen LogP contribution in [-0.4, -0.2) is 48.2 Å². The van der Waals surface area contributed by atoms with Gasteiger partial charge in [0.05, 0.1) is 0 Å². The molecule has 0 radical (unpaired) electrons. The highest BCUT2D eigenvalue weighted by molar-refractivity contribution is 7.83. The number of benzene rings is 1. The van der Waals surface area contributed by atoms with E-state index >= 15 is 0 Å². The van der Waals surface area contributed by atoms with Gasteiger partial charge in [0, 0.05) is 13.1 Å². The molecule has 0 amide bonds. The van der Waals surface area contributed by atoms with Crippen LogP contribution < -0.4 is 4.74 Å². The van der Waals surface area contributed by atoms with Crippen LogP contribution in [0.15, 0.2) is 24.3 Å².